The van der Waals surface area contributed by atoms with Gasteiger partial charge in [0.15, 0.2) is 5.82 Å². The molecule has 0 saturated heterocycles. The number of hydrogen-bond donors (Lipinski definition) is 3. The second-order valence-corrected chi connectivity index (χ2v) is 10.3. The highest BCUT2D eigenvalue weighted by molar-refractivity contribution is 6.32. The van der Waals surface area contributed by atoms with E-state index in [0.29, 0.717) is 35.4 Å². The van der Waals surface area contributed by atoms with E-state index in [2.05, 4.69) is 30.8 Å². The van der Waals surface area contributed by atoms with E-state index in [0.717, 1.165) is 22.0 Å². The van der Waals surface area contributed by atoms with Crippen LogP contribution in [-0.4, -0.2) is 45.0 Å². The number of carbonyl (C=O) groups excluding carboxylic acids is 1. The normalized spacial score (nSPS) is 11.4. The van der Waals surface area contributed by atoms with Gasteiger partial charge in [0.05, 0.1) is 12.1 Å². The van der Waals surface area contributed by atoms with Crippen LogP contribution in [0.2, 0.25) is 15.5 Å². The lowest BCUT2D eigenvalue weighted by Crippen LogP contribution is -2.34. The number of nitrogens with one attached hydrogen (secondary N) is 3. The Kier molecular flexibility index (Phi) is 8.26. The maximum Gasteiger partial charge on any atom is 0.407 e. The molecule has 0 aliphatic rings. The number of halogens is 3. The van der Waals surface area contributed by atoms with Crippen molar-refractivity contribution in [2.75, 3.05) is 18.5 Å². The molecule has 2 aromatic carbocycles. The minimum absolute atomic E-state index is 0.0327. The molecular formula is C25H25Cl3N6O3. The van der Waals surface area contributed by atoms with E-state index in [9.17, 15) is 4.79 Å². The molecule has 2 heterocycles. The predicted octanol–water partition coefficient (Wildman–Crippen LogP) is 6.55. The number of rotatable bonds is 8. The molecule has 0 aliphatic carbocycles. The molecule has 3 N–H and O–H groups in total. The van der Waals surface area contributed by atoms with Gasteiger partial charge in [-0.25, -0.2) is 14.8 Å². The number of carbonyl (C=O) groups is 1. The summed E-state index contributed by atoms with van der Waals surface area (Å²) in [4.78, 5) is 19.8. The van der Waals surface area contributed by atoms with E-state index in [1.165, 1.54) is 0 Å². The summed E-state index contributed by atoms with van der Waals surface area (Å²) >= 11 is 18.2. The van der Waals surface area contributed by atoms with Gasteiger partial charge in [-0.1, -0.05) is 29.3 Å². The number of aromatic amines is 1. The van der Waals surface area contributed by atoms with Gasteiger partial charge in [0.1, 0.15) is 28.9 Å². The number of anilines is 2. The summed E-state index contributed by atoms with van der Waals surface area (Å²) in [6, 6.07) is 13.0. The maximum atomic E-state index is 11.8. The number of aromatic nitrogens is 4. The molecule has 12 heteroatoms. The number of alkyl carbamates (subject to hydrolysis) is 1. The molecule has 0 unspecified atom stereocenters. The Balaban J connectivity index is 1.47. The molecule has 9 nitrogen and oxygen atoms in total. The number of ether oxygens (including phenoxy) is 2. The van der Waals surface area contributed by atoms with Crippen molar-refractivity contribution in [3.8, 4) is 5.75 Å². The van der Waals surface area contributed by atoms with Crippen LogP contribution in [0.1, 0.15) is 31.9 Å². The SMILES string of the molecule is CC(C)(C)OC(=O)NCCOc1ccc(Cl)cc1Cc1ccc2[nH]nc(Nc3cc(Cl)nc(Cl)n3)c2c1. The fraction of sp³-hybridized carbons (Fsp3) is 0.280. The number of fused-ring (bicyclic) bond motifs is 1. The summed E-state index contributed by atoms with van der Waals surface area (Å²) < 4.78 is 11.2. The molecule has 1 amide bonds. The Hall–Kier alpha value is -3.27. The van der Waals surface area contributed by atoms with Gasteiger partial charge in [0.25, 0.3) is 0 Å². The van der Waals surface area contributed by atoms with Crippen molar-refractivity contribution in [3.63, 3.8) is 0 Å². The maximum absolute atomic E-state index is 11.8. The molecule has 0 atom stereocenters. The Labute approximate surface area is 228 Å². The number of H-pyrrole nitrogens is 1. The summed E-state index contributed by atoms with van der Waals surface area (Å²) in [6.45, 7) is 6.00. The van der Waals surface area contributed by atoms with Crippen molar-refractivity contribution in [2.45, 2.75) is 32.8 Å². The molecule has 0 spiro atoms. The zero-order valence-electron chi connectivity index (χ0n) is 20.4. The third-order valence-electron chi connectivity index (χ3n) is 4.99. The van der Waals surface area contributed by atoms with Gasteiger partial charge in [-0.05, 0) is 73.8 Å². The van der Waals surface area contributed by atoms with E-state index in [4.69, 9.17) is 44.3 Å². The number of benzene rings is 2. The van der Waals surface area contributed by atoms with Crippen molar-refractivity contribution in [1.29, 1.82) is 0 Å². The van der Waals surface area contributed by atoms with Gasteiger partial charge < -0.3 is 20.1 Å². The zero-order chi connectivity index (χ0) is 26.6. The minimum atomic E-state index is -0.561. The van der Waals surface area contributed by atoms with E-state index in [-0.39, 0.29) is 17.0 Å². The summed E-state index contributed by atoms with van der Waals surface area (Å²) in [5, 5.41) is 14.9. The Bertz CT molecular complexity index is 1400. The summed E-state index contributed by atoms with van der Waals surface area (Å²) in [5.74, 6) is 1.67. The lowest BCUT2D eigenvalue weighted by atomic mass is 10.0. The van der Waals surface area contributed by atoms with Crippen LogP contribution in [0, 0.1) is 0 Å². The van der Waals surface area contributed by atoms with Crippen molar-refractivity contribution in [2.24, 2.45) is 0 Å². The van der Waals surface area contributed by atoms with Crippen molar-refractivity contribution in [3.05, 3.63) is 69.1 Å². The Morgan fingerprint density at radius 2 is 1.86 bits per heavy atom. The first kappa shape index (κ1) is 26.8. The van der Waals surface area contributed by atoms with Crippen molar-refractivity contribution < 1.29 is 14.3 Å². The van der Waals surface area contributed by atoms with Crippen molar-refractivity contribution >= 4 is 63.4 Å². The molecule has 194 valence electrons. The lowest BCUT2D eigenvalue weighted by Gasteiger charge is -2.19. The summed E-state index contributed by atoms with van der Waals surface area (Å²) in [6.07, 6.45) is 0.0676. The van der Waals surface area contributed by atoms with Gasteiger partial charge in [-0.2, -0.15) is 5.10 Å². The molecule has 0 aliphatic heterocycles. The number of amides is 1. The highest BCUT2D eigenvalue weighted by atomic mass is 35.5. The van der Waals surface area contributed by atoms with Gasteiger partial charge >= 0.3 is 6.09 Å². The van der Waals surface area contributed by atoms with Gasteiger partial charge in [0, 0.05) is 22.9 Å². The van der Waals surface area contributed by atoms with Crippen LogP contribution in [0.15, 0.2) is 42.5 Å². The minimum Gasteiger partial charge on any atom is -0.491 e. The van der Waals surface area contributed by atoms with E-state index >= 15 is 0 Å². The second kappa shape index (κ2) is 11.4. The third-order valence-corrected chi connectivity index (χ3v) is 5.58. The molecule has 2 aromatic heterocycles. The van der Waals surface area contributed by atoms with E-state index < -0.39 is 11.7 Å². The standard InChI is InChI=1S/C25H25Cl3N6O3/c1-25(2,3)37-24(35)29-8-9-36-19-7-5-16(26)12-15(19)10-14-4-6-18-17(11-14)22(34-33-18)31-21-13-20(27)30-23(28)32-21/h4-7,11-13H,8-10H2,1-3H3,(H,29,35)(H2,30,31,32,33,34). The van der Waals surface area contributed by atoms with Crippen LogP contribution in [0.3, 0.4) is 0 Å². The van der Waals surface area contributed by atoms with Crippen LogP contribution < -0.4 is 15.4 Å². The second-order valence-electron chi connectivity index (χ2n) is 9.13. The molecule has 0 saturated carbocycles. The number of hydrogen-bond acceptors (Lipinski definition) is 7. The molecule has 4 rings (SSSR count). The third kappa shape index (κ3) is 7.61. The monoisotopic (exact) mass is 562 g/mol. The zero-order valence-corrected chi connectivity index (χ0v) is 22.6. The van der Waals surface area contributed by atoms with Gasteiger partial charge in [-0.15, -0.1) is 0 Å². The largest absolute Gasteiger partial charge is 0.491 e. The first-order valence-electron chi connectivity index (χ1n) is 11.4. The topological polar surface area (TPSA) is 114 Å². The van der Waals surface area contributed by atoms with Crippen LogP contribution in [0.4, 0.5) is 16.4 Å². The fourth-order valence-corrected chi connectivity index (χ4v) is 4.12. The summed E-state index contributed by atoms with van der Waals surface area (Å²) in [5.41, 5.74) is 2.19. The van der Waals surface area contributed by atoms with Crippen LogP contribution in [-0.2, 0) is 11.2 Å². The molecule has 37 heavy (non-hydrogen) atoms. The van der Waals surface area contributed by atoms with Crippen LogP contribution in [0.25, 0.3) is 10.9 Å². The van der Waals surface area contributed by atoms with Crippen LogP contribution >= 0.6 is 34.8 Å². The Morgan fingerprint density at radius 3 is 2.62 bits per heavy atom. The highest BCUT2D eigenvalue weighted by Gasteiger charge is 2.16. The number of nitrogens with zero attached hydrogens (tertiary/aromatic N) is 3. The molecule has 0 radical (unpaired) electrons. The first-order valence-corrected chi connectivity index (χ1v) is 12.5. The summed E-state index contributed by atoms with van der Waals surface area (Å²) in [7, 11) is 0. The lowest BCUT2D eigenvalue weighted by molar-refractivity contribution is 0.0520. The Morgan fingerprint density at radius 1 is 1.05 bits per heavy atom. The van der Waals surface area contributed by atoms with Crippen molar-refractivity contribution in [1.82, 2.24) is 25.5 Å². The predicted molar refractivity (Wildman–Crippen MR) is 145 cm³/mol. The molecular weight excluding hydrogens is 539 g/mol. The molecule has 0 fully saturated rings. The van der Waals surface area contributed by atoms with E-state index in [1.54, 1.807) is 12.1 Å². The molecule has 4 aromatic rings. The average molecular weight is 564 g/mol. The van der Waals surface area contributed by atoms with E-state index in [1.807, 2.05) is 51.1 Å². The quantitative estimate of drug-likeness (QED) is 0.126. The first-order chi connectivity index (χ1) is 17.6. The average Bonchev–Trinajstić information content (AvgIpc) is 3.18. The van der Waals surface area contributed by atoms with Gasteiger partial charge in [0.2, 0.25) is 5.28 Å². The fourth-order valence-electron chi connectivity index (χ4n) is 3.52. The van der Waals surface area contributed by atoms with Crippen LogP contribution in [0.5, 0.6) is 5.75 Å². The molecule has 0 bridgehead atoms. The van der Waals surface area contributed by atoms with Gasteiger partial charge in [-0.3, -0.25) is 5.10 Å². The highest BCUT2D eigenvalue weighted by Crippen LogP contribution is 2.29. The smallest absolute Gasteiger partial charge is 0.407 e.